The minimum absolute atomic E-state index is 0.292. The highest BCUT2D eigenvalue weighted by Gasteiger charge is 2.19. The van der Waals surface area contributed by atoms with E-state index in [0.717, 1.165) is 21.5 Å². The number of esters is 2. The molecule has 0 radical (unpaired) electrons. The third-order valence-corrected chi connectivity index (χ3v) is 3.89. The Hall–Kier alpha value is -3.28. The zero-order chi connectivity index (χ0) is 18.8. The van der Waals surface area contributed by atoms with Crippen molar-refractivity contribution in [1.29, 1.82) is 0 Å². The van der Waals surface area contributed by atoms with E-state index in [1.165, 1.54) is 28.1 Å². The summed E-state index contributed by atoms with van der Waals surface area (Å²) in [7, 11) is 3.02. The third-order valence-electron chi connectivity index (χ3n) is 3.89. The number of hydrogen-bond acceptors (Lipinski definition) is 6. The molecule has 0 aliphatic carbocycles. The zero-order valence-electron chi connectivity index (χ0n) is 14.9. The summed E-state index contributed by atoms with van der Waals surface area (Å²) in [6.07, 6.45) is 0. The molecule has 0 saturated carbocycles. The normalized spacial score (nSPS) is 10.6. The van der Waals surface area contributed by atoms with Crippen LogP contribution in [0.2, 0.25) is 0 Å². The first-order chi connectivity index (χ1) is 12.4. The summed E-state index contributed by atoms with van der Waals surface area (Å²) in [5.41, 5.74) is 0. The van der Waals surface area contributed by atoms with Gasteiger partial charge in [-0.2, -0.15) is 0 Å². The molecule has 0 fully saturated rings. The molecule has 0 aliphatic rings. The maximum atomic E-state index is 11.4. The number of rotatable bonds is 4. The van der Waals surface area contributed by atoms with Gasteiger partial charge in [-0.25, -0.2) is 0 Å². The van der Waals surface area contributed by atoms with Crippen molar-refractivity contribution in [1.82, 2.24) is 0 Å². The Morgan fingerprint density at radius 3 is 2.04 bits per heavy atom. The first-order valence-electron chi connectivity index (χ1n) is 7.93. The summed E-state index contributed by atoms with van der Waals surface area (Å²) in [6.45, 7) is 2.68. The topological polar surface area (TPSA) is 71.1 Å². The lowest BCUT2D eigenvalue weighted by molar-refractivity contribution is -0.132. The second kappa shape index (κ2) is 6.92. The minimum atomic E-state index is -0.448. The van der Waals surface area contributed by atoms with Crippen molar-refractivity contribution >= 4 is 33.5 Å². The lowest BCUT2D eigenvalue weighted by Crippen LogP contribution is -2.04. The van der Waals surface area contributed by atoms with Crippen molar-refractivity contribution in [2.45, 2.75) is 13.8 Å². The predicted molar refractivity (Wildman–Crippen MR) is 97.2 cm³/mol. The van der Waals surface area contributed by atoms with Gasteiger partial charge in [-0.3, -0.25) is 9.59 Å². The van der Waals surface area contributed by atoms with E-state index in [-0.39, 0.29) is 5.97 Å². The van der Waals surface area contributed by atoms with Crippen molar-refractivity contribution in [3.05, 3.63) is 36.4 Å². The average Bonchev–Trinajstić information content (AvgIpc) is 2.59. The molecule has 3 aromatic rings. The van der Waals surface area contributed by atoms with Gasteiger partial charge in [0, 0.05) is 19.2 Å². The summed E-state index contributed by atoms with van der Waals surface area (Å²) in [5.74, 6) is 0.734. The molecule has 0 aromatic heterocycles. The molecule has 0 heterocycles. The predicted octanol–water partition coefficient (Wildman–Crippen LogP) is 3.86. The molecule has 134 valence electrons. The summed E-state index contributed by atoms with van der Waals surface area (Å²) in [5, 5.41) is 3.40. The van der Waals surface area contributed by atoms with Gasteiger partial charge in [0.25, 0.3) is 0 Å². The van der Waals surface area contributed by atoms with Crippen LogP contribution in [0, 0.1) is 0 Å². The lowest BCUT2D eigenvalue weighted by atomic mass is 10.00. The minimum Gasteiger partial charge on any atom is -0.492 e. The van der Waals surface area contributed by atoms with Crippen LogP contribution in [0.3, 0.4) is 0 Å². The van der Waals surface area contributed by atoms with Gasteiger partial charge in [0.1, 0.15) is 5.75 Å². The van der Waals surface area contributed by atoms with E-state index >= 15 is 0 Å². The molecular weight excluding hydrogens is 336 g/mol. The van der Waals surface area contributed by atoms with Gasteiger partial charge in [-0.1, -0.05) is 12.1 Å². The fourth-order valence-electron chi connectivity index (χ4n) is 2.98. The SMILES string of the molecule is COc1c(OC(C)=O)cc2ccc3cc(OC(C)=O)ccc3c2c1OC. The van der Waals surface area contributed by atoms with E-state index in [1.807, 2.05) is 18.2 Å². The number of methoxy groups -OCH3 is 2. The quantitative estimate of drug-likeness (QED) is 0.402. The van der Waals surface area contributed by atoms with E-state index in [9.17, 15) is 9.59 Å². The van der Waals surface area contributed by atoms with Gasteiger partial charge < -0.3 is 18.9 Å². The standard InChI is InChI=1S/C20H18O6/c1-11(21)25-15-7-8-16-13(9-15)5-6-14-10-17(26-12(2)22)19(23-3)20(24-4)18(14)16/h5-10H,1-4H3. The summed E-state index contributed by atoms with van der Waals surface area (Å²) >= 11 is 0. The number of ether oxygens (including phenoxy) is 4. The van der Waals surface area contributed by atoms with Gasteiger partial charge in [-0.05, 0) is 40.4 Å². The van der Waals surface area contributed by atoms with Crippen molar-refractivity contribution in [3.63, 3.8) is 0 Å². The van der Waals surface area contributed by atoms with E-state index < -0.39 is 5.97 Å². The van der Waals surface area contributed by atoms with E-state index in [2.05, 4.69) is 0 Å². The Morgan fingerprint density at radius 1 is 0.769 bits per heavy atom. The van der Waals surface area contributed by atoms with Crippen LogP contribution in [-0.4, -0.2) is 26.2 Å². The second-order valence-corrected chi connectivity index (χ2v) is 5.68. The van der Waals surface area contributed by atoms with Crippen LogP contribution in [0.5, 0.6) is 23.0 Å². The van der Waals surface area contributed by atoms with Crippen molar-refractivity contribution in [3.8, 4) is 23.0 Å². The van der Waals surface area contributed by atoms with E-state index in [4.69, 9.17) is 18.9 Å². The van der Waals surface area contributed by atoms with Crippen LogP contribution < -0.4 is 18.9 Å². The van der Waals surface area contributed by atoms with Gasteiger partial charge in [-0.15, -0.1) is 0 Å². The van der Waals surface area contributed by atoms with E-state index in [0.29, 0.717) is 23.0 Å². The lowest BCUT2D eigenvalue weighted by Gasteiger charge is -2.16. The van der Waals surface area contributed by atoms with Crippen molar-refractivity contribution in [2.75, 3.05) is 14.2 Å². The molecule has 0 amide bonds. The molecule has 0 N–H and O–H groups in total. The van der Waals surface area contributed by atoms with E-state index in [1.54, 1.807) is 18.2 Å². The molecule has 3 rings (SSSR count). The molecule has 0 bridgehead atoms. The molecular formula is C20H18O6. The highest BCUT2D eigenvalue weighted by molar-refractivity contribution is 6.12. The number of hydrogen-bond donors (Lipinski definition) is 0. The molecule has 0 spiro atoms. The Bertz CT molecular complexity index is 1020. The summed E-state index contributed by atoms with van der Waals surface area (Å²) < 4.78 is 21.4. The summed E-state index contributed by atoms with van der Waals surface area (Å²) in [6, 6.07) is 10.9. The summed E-state index contributed by atoms with van der Waals surface area (Å²) in [4.78, 5) is 22.6. The number of fused-ring (bicyclic) bond motifs is 3. The highest BCUT2D eigenvalue weighted by atomic mass is 16.6. The molecule has 0 saturated heterocycles. The van der Waals surface area contributed by atoms with Crippen LogP contribution >= 0.6 is 0 Å². The van der Waals surface area contributed by atoms with Gasteiger partial charge in [0.05, 0.1) is 14.2 Å². The van der Waals surface area contributed by atoms with Crippen LogP contribution in [0.4, 0.5) is 0 Å². The fraction of sp³-hybridized carbons (Fsp3) is 0.200. The Balaban J connectivity index is 2.32. The highest BCUT2D eigenvalue weighted by Crippen LogP contribution is 2.46. The Morgan fingerprint density at radius 2 is 1.42 bits per heavy atom. The Labute approximate surface area is 150 Å². The monoisotopic (exact) mass is 354 g/mol. The van der Waals surface area contributed by atoms with Crippen molar-refractivity contribution in [2.24, 2.45) is 0 Å². The third kappa shape index (κ3) is 3.13. The molecule has 0 atom stereocenters. The largest absolute Gasteiger partial charge is 0.492 e. The smallest absolute Gasteiger partial charge is 0.308 e. The molecule has 6 heteroatoms. The Kier molecular flexibility index (Phi) is 4.67. The molecule has 0 unspecified atom stereocenters. The van der Waals surface area contributed by atoms with Crippen molar-refractivity contribution < 1.29 is 28.5 Å². The second-order valence-electron chi connectivity index (χ2n) is 5.68. The van der Waals surface area contributed by atoms with Gasteiger partial charge in [0.2, 0.25) is 5.75 Å². The zero-order valence-corrected chi connectivity index (χ0v) is 14.9. The molecule has 0 aliphatic heterocycles. The molecule has 6 nitrogen and oxygen atoms in total. The van der Waals surface area contributed by atoms with Crippen LogP contribution in [0.25, 0.3) is 21.5 Å². The number of benzene rings is 3. The average molecular weight is 354 g/mol. The maximum Gasteiger partial charge on any atom is 0.308 e. The van der Waals surface area contributed by atoms with Crippen LogP contribution in [-0.2, 0) is 9.59 Å². The fourth-order valence-corrected chi connectivity index (χ4v) is 2.98. The van der Waals surface area contributed by atoms with Gasteiger partial charge >= 0.3 is 11.9 Å². The molecule has 3 aromatic carbocycles. The molecule has 26 heavy (non-hydrogen) atoms. The van der Waals surface area contributed by atoms with Gasteiger partial charge in [0.15, 0.2) is 11.5 Å². The van der Waals surface area contributed by atoms with Crippen LogP contribution in [0.15, 0.2) is 36.4 Å². The number of carbonyl (C=O) groups excluding carboxylic acids is 2. The number of carbonyl (C=O) groups is 2. The maximum absolute atomic E-state index is 11.4. The van der Waals surface area contributed by atoms with Crippen LogP contribution in [0.1, 0.15) is 13.8 Å². The first-order valence-corrected chi connectivity index (χ1v) is 7.93. The first kappa shape index (κ1) is 17.5.